The summed E-state index contributed by atoms with van der Waals surface area (Å²) in [6.07, 6.45) is 0.628. The minimum atomic E-state index is -3.77. The summed E-state index contributed by atoms with van der Waals surface area (Å²) in [4.78, 5) is 11.8. The van der Waals surface area contributed by atoms with Gasteiger partial charge < -0.3 is 0 Å². The molecule has 0 aliphatic heterocycles. The van der Waals surface area contributed by atoms with E-state index in [1.165, 1.54) is 0 Å². The smallest absolute Gasteiger partial charge is 0.258 e. The van der Waals surface area contributed by atoms with Crippen molar-refractivity contribution in [3.63, 3.8) is 0 Å². The van der Waals surface area contributed by atoms with Crippen molar-refractivity contribution < 1.29 is 13.3 Å². The summed E-state index contributed by atoms with van der Waals surface area (Å²) >= 11 is 0. The third kappa shape index (κ3) is 3.52. The van der Waals surface area contributed by atoms with Crippen molar-refractivity contribution >= 4 is 21.4 Å². The molecule has 0 heterocycles. The van der Waals surface area contributed by atoms with Crippen LogP contribution >= 0.6 is 0 Å². The lowest BCUT2D eigenvalue weighted by Crippen LogP contribution is -2.19. The van der Waals surface area contributed by atoms with Crippen LogP contribution < -0.4 is 4.83 Å². The van der Waals surface area contributed by atoms with Crippen molar-refractivity contribution in [3.05, 3.63) is 34.4 Å². The van der Waals surface area contributed by atoms with Crippen molar-refractivity contribution in [3.8, 4) is 0 Å². The van der Waals surface area contributed by atoms with Crippen LogP contribution in [0.1, 0.15) is 20.3 Å². The Balaban J connectivity index is 2.96. The molecular weight excluding hydrogens is 258 g/mol. The molecule has 18 heavy (non-hydrogen) atoms. The number of nitro benzene ring substituents is 1. The predicted octanol–water partition coefficient (Wildman–Crippen LogP) is 1.66. The highest BCUT2D eigenvalue weighted by Crippen LogP contribution is 2.15. The Bertz CT molecular complexity index is 563. The van der Waals surface area contributed by atoms with Gasteiger partial charge in [0.25, 0.3) is 15.7 Å². The Labute approximate surface area is 105 Å². The van der Waals surface area contributed by atoms with Crippen molar-refractivity contribution in [2.45, 2.75) is 25.2 Å². The molecule has 0 atom stereocenters. The number of nitrogens with zero attached hydrogens (tertiary/aromatic N) is 2. The van der Waals surface area contributed by atoms with Gasteiger partial charge in [-0.25, -0.2) is 4.83 Å². The van der Waals surface area contributed by atoms with E-state index in [-0.39, 0.29) is 10.6 Å². The fourth-order valence-corrected chi connectivity index (χ4v) is 1.89. The second-order valence-corrected chi connectivity index (χ2v) is 5.21. The first-order chi connectivity index (χ1) is 8.36. The van der Waals surface area contributed by atoms with Gasteiger partial charge in [0.2, 0.25) is 0 Å². The molecule has 0 amide bonds. The van der Waals surface area contributed by atoms with E-state index in [4.69, 9.17) is 0 Å². The zero-order valence-electron chi connectivity index (χ0n) is 9.95. The average molecular weight is 271 g/mol. The first-order valence-electron chi connectivity index (χ1n) is 5.16. The largest absolute Gasteiger partial charge is 0.276 e. The van der Waals surface area contributed by atoms with Gasteiger partial charge in [0.05, 0.1) is 9.82 Å². The predicted molar refractivity (Wildman–Crippen MR) is 66.8 cm³/mol. The van der Waals surface area contributed by atoms with Crippen LogP contribution in [0.2, 0.25) is 0 Å². The third-order valence-electron chi connectivity index (χ3n) is 2.23. The van der Waals surface area contributed by atoms with E-state index in [1.807, 2.05) is 6.92 Å². The molecule has 1 aromatic carbocycles. The van der Waals surface area contributed by atoms with Crippen LogP contribution in [-0.4, -0.2) is 19.1 Å². The van der Waals surface area contributed by atoms with Gasteiger partial charge >= 0.3 is 0 Å². The SMILES string of the molecule is CC/C(C)=N\NS(=O)(=O)c1ccc([N+](=O)[O-])cc1. The lowest BCUT2D eigenvalue weighted by atomic mass is 10.3. The van der Waals surface area contributed by atoms with Crippen molar-refractivity contribution in [2.24, 2.45) is 5.10 Å². The standard InChI is InChI=1S/C10H13N3O4S/c1-3-8(2)11-12-18(16,17)10-6-4-9(5-7-10)13(14)15/h4-7,12H,3H2,1-2H3/b11-8-. The Morgan fingerprint density at radius 2 is 1.94 bits per heavy atom. The fourth-order valence-electron chi connectivity index (χ4n) is 1.02. The van der Waals surface area contributed by atoms with Gasteiger partial charge in [-0.15, -0.1) is 0 Å². The zero-order valence-corrected chi connectivity index (χ0v) is 10.8. The quantitative estimate of drug-likeness (QED) is 0.499. The molecule has 7 nitrogen and oxygen atoms in total. The first kappa shape index (κ1) is 14.1. The molecule has 0 aliphatic rings. The highest BCUT2D eigenvalue weighted by molar-refractivity contribution is 7.89. The van der Waals surface area contributed by atoms with Crippen LogP contribution in [0.25, 0.3) is 0 Å². The van der Waals surface area contributed by atoms with Gasteiger partial charge in [-0.2, -0.15) is 13.5 Å². The van der Waals surface area contributed by atoms with Gasteiger partial charge in [0, 0.05) is 17.8 Å². The molecular formula is C10H13N3O4S. The maximum Gasteiger partial charge on any atom is 0.276 e. The number of hydrogen-bond donors (Lipinski definition) is 1. The molecule has 0 bridgehead atoms. The van der Waals surface area contributed by atoms with Crippen LogP contribution in [0.4, 0.5) is 5.69 Å². The van der Waals surface area contributed by atoms with Gasteiger partial charge in [0.15, 0.2) is 0 Å². The fraction of sp³-hybridized carbons (Fsp3) is 0.300. The van der Waals surface area contributed by atoms with E-state index in [0.717, 1.165) is 24.3 Å². The molecule has 1 aromatic rings. The Hall–Kier alpha value is -1.96. The molecule has 0 radical (unpaired) electrons. The molecule has 0 saturated heterocycles. The first-order valence-corrected chi connectivity index (χ1v) is 6.64. The summed E-state index contributed by atoms with van der Waals surface area (Å²) in [5, 5.41) is 14.1. The van der Waals surface area contributed by atoms with Gasteiger partial charge in [-0.05, 0) is 25.5 Å². The Kier molecular flexibility index (Phi) is 4.38. The normalized spacial score (nSPS) is 12.2. The highest BCUT2D eigenvalue weighted by atomic mass is 32.2. The number of rotatable bonds is 5. The number of hydrogen-bond acceptors (Lipinski definition) is 5. The van der Waals surface area contributed by atoms with E-state index < -0.39 is 14.9 Å². The third-order valence-corrected chi connectivity index (χ3v) is 3.45. The van der Waals surface area contributed by atoms with Crippen molar-refractivity contribution in [2.75, 3.05) is 0 Å². The highest BCUT2D eigenvalue weighted by Gasteiger charge is 2.14. The number of nitro groups is 1. The lowest BCUT2D eigenvalue weighted by Gasteiger charge is -2.03. The molecule has 0 fully saturated rings. The van der Waals surface area contributed by atoms with Gasteiger partial charge in [-0.1, -0.05) is 6.92 Å². The molecule has 8 heteroatoms. The van der Waals surface area contributed by atoms with Crippen molar-refractivity contribution in [1.82, 2.24) is 4.83 Å². The number of nitrogens with one attached hydrogen (secondary N) is 1. The molecule has 0 aromatic heterocycles. The molecule has 0 unspecified atom stereocenters. The van der Waals surface area contributed by atoms with Crippen LogP contribution in [0.3, 0.4) is 0 Å². The van der Waals surface area contributed by atoms with E-state index in [9.17, 15) is 18.5 Å². The topological polar surface area (TPSA) is 102 Å². The molecule has 0 spiro atoms. The second-order valence-electron chi connectivity index (χ2n) is 3.55. The minimum Gasteiger partial charge on any atom is -0.258 e. The van der Waals surface area contributed by atoms with Crippen LogP contribution in [0.15, 0.2) is 34.3 Å². The average Bonchev–Trinajstić information content (AvgIpc) is 2.36. The summed E-state index contributed by atoms with van der Waals surface area (Å²) in [7, 11) is -3.77. The number of benzene rings is 1. The van der Waals surface area contributed by atoms with E-state index in [0.29, 0.717) is 12.1 Å². The molecule has 0 saturated carbocycles. The summed E-state index contributed by atoms with van der Waals surface area (Å²) in [6.45, 7) is 3.54. The molecule has 98 valence electrons. The monoisotopic (exact) mass is 271 g/mol. The Morgan fingerprint density at radius 1 is 1.39 bits per heavy atom. The maximum absolute atomic E-state index is 11.7. The van der Waals surface area contributed by atoms with Gasteiger partial charge in [0.1, 0.15) is 0 Å². The number of hydrazone groups is 1. The molecule has 1 rings (SSSR count). The van der Waals surface area contributed by atoms with Crippen LogP contribution in [-0.2, 0) is 10.0 Å². The summed E-state index contributed by atoms with van der Waals surface area (Å²) in [6, 6.07) is 4.59. The van der Waals surface area contributed by atoms with Crippen molar-refractivity contribution in [1.29, 1.82) is 0 Å². The number of sulfonamides is 1. The summed E-state index contributed by atoms with van der Waals surface area (Å²) in [5.74, 6) is 0. The van der Waals surface area contributed by atoms with Crippen LogP contribution in [0.5, 0.6) is 0 Å². The summed E-state index contributed by atoms with van der Waals surface area (Å²) < 4.78 is 23.5. The van der Waals surface area contributed by atoms with E-state index in [1.54, 1.807) is 6.92 Å². The molecule has 1 N–H and O–H groups in total. The lowest BCUT2D eigenvalue weighted by molar-refractivity contribution is -0.384. The van der Waals surface area contributed by atoms with E-state index >= 15 is 0 Å². The zero-order chi connectivity index (χ0) is 13.8. The summed E-state index contributed by atoms with van der Waals surface area (Å²) in [5.41, 5.74) is 0.475. The van der Waals surface area contributed by atoms with Crippen LogP contribution in [0, 0.1) is 10.1 Å². The number of non-ortho nitro benzene ring substituents is 1. The second kappa shape index (κ2) is 5.58. The minimum absolute atomic E-state index is 0.0687. The van der Waals surface area contributed by atoms with Gasteiger partial charge in [-0.3, -0.25) is 10.1 Å². The van der Waals surface area contributed by atoms with E-state index in [2.05, 4.69) is 9.93 Å². The maximum atomic E-state index is 11.7. The Morgan fingerprint density at radius 3 is 2.39 bits per heavy atom. The molecule has 0 aliphatic carbocycles.